The second kappa shape index (κ2) is 13.2. The van der Waals surface area contributed by atoms with Gasteiger partial charge in [-0.15, -0.1) is 0 Å². The highest BCUT2D eigenvalue weighted by Gasteiger charge is 2.26. The fourth-order valence-corrected chi connectivity index (χ4v) is 2.26. The smallest absolute Gasteiger partial charge is 0.462 e. The minimum absolute atomic E-state index is 0.134. The molecule has 0 heterocycles. The van der Waals surface area contributed by atoms with E-state index in [1.54, 1.807) is 13.8 Å². The SMILES string of the molecule is CCCC(=O)OCC(COP(=O)(O)OCC(O)CO)OC(=O)CCC. The average molecular weight is 386 g/mol. The maximum atomic E-state index is 11.7. The minimum atomic E-state index is -4.54. The molecule has 0 aromatic heterocycles. The van der Waals surface area contributed by atoms with Gasteiger partial charge in [0.25, 0.3) is 0 Å². The highest BCUT2D eigenvalue weighted by molar-refractivity contribution is 7.47. The van der Waals surface area contributed by atoms with E-state index in [0.29, 0.717) is 12.8 Å². The van der Waals surface area contributed by atoms with Gasteiger partial charge in [-0.3, -0.25) is 18.6 Å². The fourth-order valence-electron chi connectivity index (χ4n) is 1.47. The summed E-state index contributed by atoms with van der Waals surface area (Å²) in [6.07, 6.45) is -0.957. The van der Waals surface area contributed by atoms with Gasteiger partial charge in [0.15, 0.2) is 6.10 Å². The summed E-state index contributed by atoms with van der Waals surface area (Å²) in [5, 5.41) is 17.7. The van der Waals surface area contributed by atoms with Gasteiger partial charge in [0, 0.05) is 12.8 Å². The Kier molecular flexibility index (Phi) is 12.7. The number of esters is 2. The summed E-state index contributed by atoms with van der Waals surface area (Å²) in [5.41, 5.74) is 0. The van der Waals surface area contributed by atoms with Crippen molar-refractivity contribution in [2.24, 2.45) is 0 Å². The summed E-state index contributed by atoms with van der Waals surface area (Å²) in [7, 11) is -4.54. The minimum Gasteiger partial charge on any atom is -0.462 e. The van der Waals surface area contributed by atoms with E-state index < -0.39 is 51.8 Å². The summed E-state index contributed by atoms with van der Waals surface area (Å²) < 4.78 is 30.8. The molecule has 0 radical (unpaired) electrons. The Morgan fingerprint density at radius 3 is 2.12 bits per heavy atom. The summed E-state index contributed by atoms with van der Waals surface area (Å²) >= 11 is 0. The molecule has 0 aromatic carbocycles. The molecule has 0 spiro atoms. The molecule has 3 N–H and O–H groups in total. The number of rotatable bonds is 14. The van der Waals surface area contributed by atoms with Gasteiger partial charge >= 0.3 is 19.8 Å². The molecule has 3 unspecified atom stereocenters. The van der Waals surface area contributed by atoms with E-state index in [9.17, 15) is 19.0 Å². The zero-order chi connectivity index (χ0) is 19.3. The zero-order valence-corrected chi connectivity index (χ0v) is 15.4. The van der Waals surface area contributed by atoms with Crippen LogP contribution in [0.4, 0.5) is 0 Å². The highest BCUT2D eigenvalue weighted by atomic mass is 31.2. The Labute approximate surface area is 146 Å². The Hall–Kier alpha value is -1.03. The topological polar surface area (TPSA) is 149 Å². The van der Waals surface area contributed by atoms with Crippen LogP contribution in [0, 0.1) is 0 Å². The molecule has 25 heavy (non-hydrogen) atoms. The molecule has 0 fully saturated rings. The summed E-state index contributed by atoms with van der Waals surface area (Å²) in [4.78, 5) is 32.4. The predicted octanol–water partition coefficient (Wildman–Crippen LogP) is 0.528. The van der Waals surface area contributed by atoms with E-state index in [4.69, 9.17) is 19.7 Å². The van der Waals surface area contributed by atoms with Crippen molar-refractivity contribution >= 4 is 19.8 Å². The summed E-state index contributed by atoms with van der Waals surface area (Å²) in [6, 6.07) is 0. The van der Waals surface area contributed by atoms with Gasteiger partial charge in [0.1, 0.15) is 12.7 Å². The number of aliphatic hydroxyl groups is 2. The lowest BCUT2D eigenvalue weighted by Gasteiger charge is -2.20. The first-order chi connectivity index (χ1) is 11.7. The first-order valence-corrected chi connectivity index (χ1v) is 9.49. The molecule has 0 aliphatic rings. The highest BCUT2D eigenvalue weighted by Crippen LogP contribution is 2.43. The van der Waals surface area contributed by atoms with E-state index in [0.717, 1.165) is 0 Å². The Morgan fingerprint density at radius 2 is 1.56 bits per heavy atom. The number of carbonyl (C=O) groups excluding carboxylic acids is 2. The average Bonchev–Trinajstić information content (AvgIpc) is 2.55. The van der Waals surface area contributed by atoms with E-state index in [-0.39, 0.29) is 19.4 Å². The van der Waals surface area contributed by atoms with Crippen LogP contribution in [-0.2, 0) is 32.7 Å². The van der Waals surface area contributed by atoms with E-state index in [1.165, 1.54) is 0 Å². The van der Waals surface area contributed by atoms with Crippen LogP contribution < -0.4 is 0 Å². The third-order valence-electron chi connectivity index (χ3n) is 2.70. The van der Waals surface area contributed by atoms with Crippen molar-refractivity contribution < 1.29 is 47.8 Å². The van der Waals surface area contributed by atoms with Gasteiger partial charge in [-0.1, -0.05) is 13.8 Å². The van der Waals surface area contributed by atoms with Crippen LogP contribution in [0.15, 0.2) is 0 Å². The number of aliphatic hydroxyl groups excluding tert-OH is 2. The number of phosphoric acid groups is 1. The van der Waals surface area contributed by atoms with Crippen molar-refractivity contribution in [3.63, 3.8) is 0 Å². The maximum Gasteiger partial charge on any atom is 0.472 e. The van der Waals surface area contributed by atoms with Crippen molar-refractivity contribution in [1.29, 1.82) is 0 Å². The van der Waals surface area contributed by atoms with Crippen molar-refractivity contribution in [2.75, 3.05) is 26.4 Å². The Morgan fingerprint density at radius 1 is 1.00 bits per heavy atom. The molecule has 0 bridgehead atoms. The molecule has 0 saturated heterocycles. The molecule has 0 aromatic rings. The Balaban J connectivity index is 4.55. The van der Waals surface area contributed by atoms with Crippen LogP contribution in [0.3, 0.4) is 0 Å². The van der Waals surface area contributed by atoms with E-state index in [2.05, 4.69) is 9.05 Å². The second-order valence-corrected chi connectivity index (χ2v) is 6.64. The molecule has 0 aliphatic carbocycles. The first-order valence-electron chi connectivity index (χ1n) is 7.99. The van der Waals surface area contributed by atoms with Gasteiger partial charge in [0.2, 0.25) is 0 Å². The lowest BCUT2D eigenvalue weighted by molar-refractivity contribution is -0.161. The van der Waals surface area contributed by atoms with Crippen molar-refractivity contribution in [3.8, 4) is 0 Å². The molecular weight excluding hydrogens is 359 g/mol. The third-order valence-corrected chi connectivity index (χ3v) is 3.65. The number of carbonyl (C=O) groups is 2. The second-order valence-electron chi connectivity index (χ2n) is 5.19. The molecule has 10 nitrogen and oxygen atoms in total. The van der Waals surface area contributed by atoms with E-state index >= 15 is 0 Å². The van der Waals surface area contributed by atoms with Gasteiger partial charge in [-0.25, -0.2) is 4.57 Å². The van der Waals surface area contributed by atoms with E-state index in [1.807, 2.05) is 0 Å². The number of hydrogen-bond acceptors (Lipinski definition) is 9. The number of ether oxygens (including phenoxy) is 2. The first kappa shape index (κ1) is 24.0. The lowest BCUT2D eigenvalue weighted by atomic mass is 10.3. The van der Waals surface area contributed by atoms with Gasteiger partial charge < -0.3 is 24.6 Å². The van der Waals surface area contributed by atoms with Gasteiger partial charge in [0.05, 0.1) is 19.8 Å². The molecule has 0 saturated carbocycles. The van der Waals surface area contributed by atoms with Crippen molar-refractivity contribution in [3.05, 3.63) is 0 Å². The molecule has 11 heteroatoms. The molecular formula is C14H27O10P. The van der Waals surface area contributed by atoms with Crippen LogP contribution in [0.5, 0.6) is 0 Å². The van der Waals surface area contributed by atoms with Crippen molar-refractivity contribution in [1.82, 2.24) is 0 Å². The predicted molar refractivity (Wildman–Crippen MR) is 85.5 cm³/mol. The van der Waals surface area contributed by atoms with Gasteiger partial charge in [-0.2, -0.15) is 0 Å². The van der Waals surface area contributed by atoms with Crippen LogP contribution >= 0.6 is 7.82 Å². The molecule has 0 rings (SSSR count). The summed E-state index contributed by atoms with van der Waals surface area (Å²) in [6.45, 7) is 1.44. The van der Waals surface area contributed by atoms with Crippen LogP contribution in [0.1, 0.15) is 39.5 Å². The fraction of sp³-hybridized carbons (Fsp3) is 0.857. The van der Waals surface area contributed by atoms with Crippen LogP contribution in [0.25, 0.3) is 0 Å². The Bertz CT molecular complexity index is 441. The summed E-state index contributed by atoms with van der Waals surface area (Å²) in [5.74, 6) is -1.06. The zero-order valence-electron chi connectivity index (χ0n) is 14.5. The normalized spacial score (nSPS) is 15.9. The molecule has 0 aliphatic heterocycles. The van der Waals surface area contributed by atoms with Crippen molar-refractivity contribution in [2.45, 2.75) is 51.7 Å². The molecule has 0 amide bonds. The van der Waals surface area contributed by atoms with Crippen LogP contribution in [0.2, 0.25) is 0 Å². The lowest BCUT2D eigenvalue weighted by Crippen LogP contribution is -2.29. The standard InChI is InChI=1S/C14H27O10P/c1-3-5-13(17)21-9-12(24-14(18)6-4-2)10-23-25(19,20)22-8-11(16)7-15/h11-12,15-16H,3-10H2,1-2H3,(H,19,20). The maximum absolute atomic E-state index is 11.7. The number of phosphoric ester groups is 1. The van der Waals surface area contributed by atoms with Crippen LogP contribution in [-0.4, -0.2) is 65.7 Å². The van der Waals surface area contributed by atoms with Gasteiger partial charge in [-0.05, 0) is 12.8 Å². The molecule has 148 valence electrons. The number of hydrogen-bond donors (Lipinski definition) is 3. The largest absolute Gasteiger partial charge is 0.472 e. The molecule has 3 atom stereocenters. The monoisotopic (exact) mass is 386 g/mol. The third kappa shape index (κ3) is 12.9. The quantitative estimate of drug-likeness (QED) is 0.285.